The molecule has 0 unspecified atom stereocenters. The number of benzene rings is 1. The minimum Gasteiger partial charge on any atom is -0.412 e. The van der Waals surface area contributed by atoms with E-state index in [-0.39, 0.29) is 17.9 Å². The zero-order valence-corrected chi connectivity index (χ0v) is 7.65. The lowest BCUT2D eigenvalue weighted by molar-refractivity contribution is 0.100. The van der Waals surface area contributed by atoms with Gasteiger partial charge in [-0.15, -0.1) is 12.4 Å². The van der Waals surface area contributed by atoms with Gasteiger partial charge in [-0.3, -0.25) is 4.79 Å². The van der Waals surface area contributed by atoms with Gasteiger partial charge in [0, 0.05) is 0 Å². The van der Waals surface area contributed by atoms with Crippen molar-refractivity contribution in [3.05, 3.63) is 34.9 Å². The van der Waals surface area contributed by atoms with Crippen molar-refractivity contribution < 1.29 is 10.3 Å². The van der Waals surface area contributed by atoms with Crippen LogP contribution in [-0.2, 0) is 0 Å². The van der Waals surface area contributed by atoms with Crippen LogP contribution in [0.15, 0.2) is 24.3 Å². The number of hydrogen-bond donors (Lipinski definition) is 1. The van der Waals surface area contributed by atoms with Gasteiger partial charge in [0.25, 0.3) is 0 Å². The fourth-order valence-electron chi connectivity index (χ4n) is 0.661. The molecule has 1 amide bonds. The molecule has 0 aliphatic rings. The van der Waals surface area contributed by atoms with Crippen LogP contribution in [0.2, 0.25) is 5.02 Å². The minimum atomic E-state index is -0.495. The van der Waals surface area contributed by atoms with Crippen LogP contribution in [0.25, 0.3) is 0 Å². The van der Waals surface area contributed by atoms with Gasteiger partial charge in [0.1, 0.15) is 0 Å². The summed E-state index contributed by atoms with van der Waals surface area (Å²) in [4.78, 5) is 10.6. The van der Waals surface area contributed by atoms with E-state index in [4.69, 9.17) is 17.3 Å². The molecule has 0 heterocycles. The van der Waals surface area contributed by atoms with Gasteiger partial charge in [-0.2, -0.15) is 0 Å². The van der Waals surface area contributed by atoms with Crippen LogP contribution >= 0.6 is 24.0 Å². The second kappa shape index (κ2) is 5.83. The normalized spacial score (nSPS) is 7.75. The average molecular weight is 210 g/mol. The van der Waals surface area contributed by atoms with E-state index in [1.54, 1.807) is 24.3 Å². The first-order valence-electron chi connectivity index (χ1n) is 2.76. The fourth-order valence-corrected chi connectivity index (χ4v) is 0.890. The fraction of sp³-hybridized carbons (Fsp3) is 0. The quantitative estimate of drug-likeness (QED) is 0.738. The van der Waals surface area contributed by atoms with E-state index in [0.717, 1.165) is 0 Å². The average Bonchev–Trinajstić information content (AvgIpc) is 1.88. The monoisotopic (exact) mass is 209 g/mol. The summed E-state index contributed by atoms with van der Waals surface area (Å²) in [6.07, 6.45) is 0. The Morgan fingerprint density at radius 3 is 2.17 bits per heavy atom. The molecule has 0 radical (unpaired) electrons. The molecule has 5 heteroatoms. The van der Waals surface area contributed by atoms with Crippen molar-refractivity contribution in [2.24, 2.45) is 5.73 Å². The van der Waals surface area contributed by atoms with Crippen LogP contribution in [-0.4, -0.2) is 11.4 Å². The summed E-state index contributed by atoms with van der Waals surface area (Å²) < 4.78 is 0. The number of carbonyl (C=O) groups is 1. The van der Waals surface area contributed by atoms with E-state index in [9.17, 15) is 4.79 Å². The van der Waals surface area contributed by atoms with E-state index in [0.29, 0.717) is 10.6 Å². The molecule has 68 valence electrons. The van der Waals surface area contributed by atoms with Crippen molar-refractivity contribution >= 4 is 29.9 Å². The van der Waals surface area contributed by atoms with Crippen molar-refractivity contribution in [1.82, 2.24) is 0 Å². The third kappa shape index (κ3) is 3.09. The van der Waals surface area contributed by atoms with Gasteiger partial charge in [-0.05, 0) is 12.1 Å². The van der Waals surface area contributed by atoms with Gasteiger partial charge < -0.3 is 11.2 Å². The molecule has 0 saturated heterocycles. The molecule has 0 aliphatic carbocycles. The SMILES string of the molecule is Cl.NC(=O)c1ccccc1Cl.O. The van der Waals surface area contributed by atoms with E-state index in [1.807, 2.05) is 0 Å². The molecule has 1 aromatic carbocycles. The summed E-state index contributed by atoms with van der Waals surface area (Å²) in [6, 6.07) is 6.67. The second-order valence-corrected chi connectivity index (χ2v) is 2.25. The Hall–Kier alpha value is -0.770. The summed E-state index contributed by atoms with van der Waals surface area (Å²) in [6.45, 7) is 0. The Kier molecular flexibility index (Phi) is 6.70. The van der Waals surface area contributed by atoms with Crippen LogP contribution in [0, 0.1) is 0 Å². The Morgan fingerprint density at radius 1 is 1.33 bits per heavy atom. The molecular formula is C7H9Cl2NO2. The number of amides is 1. The standard InChI is InChI=1S/C7H6ClNO.ClH.H2O/c8-6-4-2-1-3-5(6)7(9)10;;/h1-4H,(H2,9,10);1H;1H2. The van der Waals surface area contributed by atoms with E-state index >= 15 is 0 Å². The topological polar surface area (TPSA) is 74.6 Å². The Balaban J connectivity index is 0. The molecule has 0 fully saturated rings. The van der Waals surface area contributed by atoms with Gasteiger partial charge in [-0.1, -0.05) is 23.7 Å². The van der Waals surface area contributed by atoms with Crippen LogP contribution in [0.4, 0.5) is 0 Å². The summed E-state index contributed by atoms with van der Waals surface area (Å²) in [5.74, 6) is -0.495. The van der Waals surface area contributed by atoms with Gasteiger partial charge in [0.05, 0.1) is 10.6 Å². The molecule has 0 spiro atoms. The van der Waals surface area contributed by atoms with Crippen molar-refractivity contribution in [3.63, 3.8) is 0 Å². The van der Waals surface area contributed by atoms with Crippen molar-refractivity contribution in [3.8, 4) is 0 Å². The molecule has 0 saturated carbocycles. The summed E-state index contributed by atoms with van der Waals surface area (Å²) >= 11 is 5.62. The Labute approximate surface area is 81.2 Å². The highest BCUT2D eigenvalue weighted by Crippen LogP contribution is 2.13. The zero-order valence-electron chi connectivity index (χ0n) is 6.08. The smallest absolute Gasteiger partial charge is 0.250 e. The Bertz CT molecular complexity index is 265. The number of carbonyl (C=O) groups excluding carboxylic acids is 1. The van der Waals surface area contributed by atoms with E-state index < -0.39 is 5.91 Å². The van der Waals surface area contributed by atoms with Crippen molar-refractivity contribution in [1.29, 1.82) is 0 Å². The van der Waals surface area contributed by atoms with Crippen molar-refractivity contribution in [2.75, 3.05) is 0 Å². The number of hydrogen-bond acceptors (Lipinski definition) is 1. The molecule has 0 atom stereocenters. The lowest BCUT2D eigenvalue weighted by Crippen LogP contribution is -2.10. The molecular weight excluding hydrogens is 201 g/mol. The number of rotatable bonds is 1. The third-order valence-electron chi connectivity index (χ3n) is 1.14. The Morgan fingerprint density at radius 2 is 1.83 bits per heavy atom. The summed E-state index contributed by atoms with van der Waals surface area (Å²) in [5, 5.41) is 0.398. The lowest BCUT2D eigenvalue weighted by Gasteiger charge is -1.95. The maximum Gasteiger partial charge on any atom is 0.250 e. The minimum absolute atomic E-state index is 0. The first kappa shape index (κ1) is 13.8. The van der Waals surface area contributed by atoms with Gasteiger partial charge in [0.15, 0.2) is 0 Å². The van der Waals surface area contributed by atoms with Gasteiger partial charge in [-0.25, -0.2) is 0 Å². The predicted molar refractivity (Wildman–Crippen MR) is 50.8 cm³/mol. The van der Waals surface area contributed by atoms with Gasteiger partial charge >= 0.3 is 0 Å². The largest absolute Gasteiger partial charge is 0.412 e. The number of halogens is 2. The highest BCUT2D eigenvalue weighted by Gasteiger charge is 2.02. The third-order valence-corrected chi connectivity index (χ3v) is 1.47. The van der Waals surface area contributed by atoms with Crippen molar-refractivity contribution in [2.45, 2.75) is 0 Å². The van der Waals surface area contributed by atoms with Crippen LogP contribution in [0.5, 0.6) is 0 Å². The molecule has 3 nitrogen and oxygen atoms in total. The lowest BCUT2D eigenvalue weighted by atomic mass is 10.2. The maximum absolute atomic E-state index is 10.6. The highest BCUT2D eigenvalue weighted by atomic mass is 35.5. The zero-order chi connectivity index (χ0) is 7.56. The first-order valence-corrected chi connectivity index (χ1v) is 3.14. The molecule has 4 N–H and O–H groups in total. The summed E-state index contributed by atoms with van der Waals surface area (Å²) in [7, 11) is 0. The molecule has 0 bridgehead atoms. The van der Waals surface area contributed by atoms with E-state index in [2.05, 4.69) is 0 Å². The van der Waals surface area contributed by atoms with Crippen LogP contribution < -0.4 is 5.73 Å². The number of primary amides is 1. The maximum atomic E-state index is 10.6. The molecule has 1 rings (SSSR count). The van der Waals surface area contributed by atoms with E-state index in [1.165, 1.54) is 0 Å². The molecule has 0 aromatic heterocycles. The van der Waals surface area contributed by atoms with Gasteiger partial charge in [0.2, 0.25) is 5.91 Å². The second-order valence-electron chi connectivity index (χ2n) is 1.84. The number of nitrogens with two attached hydrogens (primary N) is 1. The first-order chi connectivity index (χ1) is 4.72. The molecule has 1 aromatic rings. The summed E-state index contributed by atoms with van der Waals surface area (Å²) in [5.41, 5.74) is 5.36. The molecule has 12 heavy (non-hydrogen) atoms. The molecule has 0 aliphatic heterocycles. The predicted octanol–water partition coefficient (Wildman–Crippen LogP) is 1.04. The van der Waals surface area contributed by atoms with Crippen LogP contribution in [0.3, 0.4) is 0 Å². The highest BCUT2D eigenvalue weighted by molar-refractivity contribution is 6.33. The van der Waals surface area contributed by atoms with Crippen LogP contribution in [0.1, 0.15) is 10.4 Å².